The molecule has 0 spiro atoms. The Bertz CT molecular complexity index is 824. The number of ketones is 1. The number of rotatable bonds is 6. The Morgan fingerprint density at radius 1 is 0.714 bits per heavy atom. The summed E-state index contributed by atoms with van der Waals surface area (Å²) in [6.45, 7) is 0. The van der Waals surface area contributed by atoms with Gasteiger partial charge in [0, 0.05) is 26.2 Å². The summed E-state index contributed by atoms with van der Waals surface area (Å²) >= 11 is 0. The first-order valence-electron chi connectivity index (χ1n) is 8.13. The number of methoxy groups -OCH3 is 2. The van der Waals surface area contributed by atoms with E-state index in [2.05, 4.69) is 10.6 Å². The van der Waals surface area contributed by atoms with Crippen molar-refractivity contribution in [3.8, 4) is 23.0 Å². The summed E-state index contributed by atoms with van der Waals surface area (Å²) < 4.78 is 20.6. The highest BCUT2D eigenvalue weighted by molar-refractivity contribution is 6.13. The van der Waals surface area contributed by atoms with Crippen LogP contribution >= 0.6 is 0 Å². The van der Waals surface area contributed by atoms with Crippen LogP contribution in [0.1, 0.15) is 15.9 Å². The fourth-order valence-electron chi connectivity index (χ4n) is 2.25. The highest BCUT2D eigenvalue weighted by Gasteiger charge is 2.22. The van der Waals surface area contributed by atoms with E-state index in [0.717, 1.165) is 0 Å². The maximum atomic E-state index is 13.1. The van der Waals surface area contributed by atoms with Gasteiger partial charge in [0.1, 0.15) is 23.0 Å². The van der Waals surface area contributed by atoms with E-state index in [0.29, 0.717) is 11.5 Å². The lowest BCUT2D eigenvalue weighted by atomic mass is 10.0. The van der Waals surface area contributed by atoms with Gasteiger partial charge in [-0.25, -0.2) is 9.59 Å². The van der Waals surface area contributed by atoms with Crippen molar-refractivity contribution in [2.24, 2.45) is 0 Å². The molecule has 9 nitrogen and oxygen atoms in total. The largest absolute Gasteiger partial charge is 0.497 e. The van der Waals surface area contributed by atoms with Crippen LogP contribution in [0.25, 0.3) is 0 Å². The van der Waals surface area contributed by atoms with E-state index in [-0.39, 0.29) is 22.6 Å². The maximum absolute atomic E-state index is 13.1. The molecule has 0 heterocycles. The van der Waals surface area contributed by atoms with Crippen LogP contribution in [0.4, 0.5) is 9.59 Å². The van der Waals surface area contributed by atoms with Gasteiger partial charge in [-0.3, -0.25) is 4.79 Å². The summed E-state index contributed by atoms with van der Waals surface area (Å²) in [6, 6.07) is 8.82. The smallest absolute Gasteiger partial charge is 0.412 e. The van der Waals surface area contributed by atoms with Crippen molar-refractivity contribution in [2.45, 2.75) is 0 Å². The van der Waals surface area contributed by atoms with Gasteiger partial charge in [-0.05, 0) is 24.3 Å². The molecule has 0 bridgehead atoms. The summed E-state index contributed by atoms with van der Waals surface area (Å²) in [5.74, 6) is 0.248. The molecule has 0 radical (unpaired) electrons. The van der Waals surface area contributed by atoms with Crippen molar-refractivity contribution >= 4 is 18.0 Å². The molecule has 9 heteroatoms. The highest BCUT2D eigenvalue weighted by Crippen LogP contribution is 2.32. The average molecular weight is 388 g/mol. The van der Waals surface area contributed by atoms with E-state index >= 15 is 0 Å². The molecule has 0 fully saturated rings. The minimum absolute atomic E-state index is 0.00888. The first-order chi connectivity index (χ1) is 13.4. The fraction of sp³-hybridized carbons (Fsp3) is 0.211. The molecule has 0 aromatic heterocycles. The third-order valence-electron chi connectivity index (χ3n) is 3.68. The Balaban J connectivity index is 2.53. The van der Waals surface area contributed by atoms with Crippen LogP contribution in [-0.2, 0) is 0 Å². The zero-order valence-corrected chi connectivity index (χ0v) is 15.8. The molecule has 2 aromatic carbocycles. The van der Waals surface area contributed by atoms with Gasteiger partial charge in [0.05, 0.1) is 25.3 Å². The SMILES string of the molecule is CNC(=O)Oc1cc(OC)ccc1C(=O)c1ccc(OC)cc1OC(=O)NC. The van der Waals surface area contributed by atoms with Crippen molar-refractivity contribution in [3.63, 3.8) is 0 Å². The molecule has 0 aliphatic carbocycles. The maximum Gasteiger partial charge on any atom is 0.412 e. The Hall–Kier alpha value is -3.75. The molecule has 0 saturated carbocycles. The molecule has 148 valence electrons. The molecule has 2 N–H and O–H groups in total. The number of hydrogen-bond acceptors (Lipinski definition) is 7. The number of nitrogens with one attached hydrogen (secondary N) is 2. The topological polar surface area (TPSA) is 112 Å². The minimum atomic E-state index is -0.751. The van der Waals surface area contributed by atoms with Crippen LogP contribution in [0.15, 0.2) is 36.4 Å². The zero-order chi connectivity index (χ0) is 20.7. The van der Waals surface area contributed by atoms with E-state index in [1.54, 1.807) is 12.1 Å². The third kappa shape index (κ3) is 4.70. The van der Waals surface area contributed by atoms with Gasteiger partial charge < -0.3 is 29.6 Å². The number of carbonyl (C=O) groups excluding carboxylic acids is 3. The van der Waals surface area contributed by atoms with Crippen molar-refractivity contribution < 1.29 is 33.3 Å². The van der Waals surface area contributed by atoms with Crippen LogP contribution in [-0.4, -0.2) is 46.3 Å². The van der Waals surface area contributed by atoms with Crippen LogP contribution in [0.3, 0.4) is 0 Å². The van der Waals surface area contributed by atoms with E-state index in [1.165, 1.54) is 52.6 Å². The van der Waals surface area contributed by atoms with Crippen molar-refractivity contribution in [1.29, 1.82) is 0 Å². The van der Waals surface area contributed by atoms with E-state index < -0.39 is 18.0 Å². The second-order valence-electron chi connectivity index (χ2n) is 5.33. The summed E-state index contributed by atoms with van der Waals surface area (Å²) in [4.78, 5) is 36.4. The molecule has 28 heavy (non-hydrogen) atoms. The summed E-state index contributed by atoms with van der Waals surface area (Å²) in [6.07, 6.45) is -1.50. The summed E-state index contributed by atoms with van der Waals surface area (Å²) in [5, 5.41) is 4.62. The van der Waals surface area contributed by atoms with E-state index in [4.69, 9.17) is 18.9 Å². The molecule has 0 saturated heterocycles. The third-order valence-corrected chi connectivity index (χ3v) is 3.68. The Morgan fingerprint density at radius 3 is 1.43 bits per heavy atom. The first kappa shape index (κ1) is 20.6. The van der Waals surface area contributed by atoms with Crippen molar-refractivity contribution in [3.05, 3.63) is 47.5 Å². The second kappa shape index (κ2) is 9.26. The van der Waals surface area contributed by atoms with Crippen molar-refractivity contribution in [2.75, 3.05) is 28.3 Å². The van der Waals surface area contributed by atoms with Crippen molar-refractivity contribution in [1.82, 2.24) is 10.6 Å². The molecule has 2 rings (SSSR count). The van der Waals surface area contributed by atoms with Gasteiger partial charge in [-0.1, -0.05) is 0 Å². The molecule has 2 aromatic rings. The molecule has 0 unspecified atom stereocenters. The lowest BCUT2D eigenvalue weighted by Crippen LogP contribution is -2.24. The quantitative estimate of drug-likeness (QED) is 0.731. The molecule has 0 aliphatic heterocycles. The normalized spacial score (nSPS) is 9.86. The average Bonchev–Trinajstić information content (AvgIpc) is 2.72. The number of hydrogen-bond donors (Lipinski definition) is 2. The molecular formula is C19H20N2O7. The van der Waals surface area contributed by atoms with Crippen LogP contribution < -0.4 is 29.6 Å². The van der Waals surface area contributed by atoms with Gasteiger partial charge in [0.15, 0.2) is 0 Å². The van der Waals surface area contributed by atoms with Gasteiger partial charge in [0.25, 0.3) is 0 Å². The fourth-order valence-corrected chi connectivity index (χ4v) is 2.25. The van der Waals surface area contributed by atoms with Gasteiger partial charge in [-0.15, -0.1) is 0 Å². The Labute approximate surface area is 161 Å². The summed E-state index contributed by atoms with van der Waals surface area (Å²) in [7, 11) is 5.67. The standard InChI is InChI=1S/C19H20N2O7/c1-20-18(23)27-15-9-11(25-3)5-7-13(15)17(22)14-8-6-12(26-4)10-16(14)28-19(24)21-2/h5-10H,1-4H3,(H,20,23)(H,21,24). The number of ether oxygens (including phenoxy) is 4. The highest BCUT2D eigenvalue weighted by atomic mass is 16.6. The predicted octanol–water partition coefficient (Wildman–Crippen LogP) is 2.37. The van der Waals surface area contributed by atoms with Gasteiger partial charge in [-0.2, -0.15) is 0 Å². The lowest BCUT2D eigenvalue weighted by molar-refractivity contribution is 0.103. The number of benzene rings is 2. The predicted molar refractivity (Wildman–Crippen MR) is 99.6 cm³/mol. The lowest BCUT2D eigenvalue weighted by Gasteiger charge is -2.14. The zero-order valence-electron chi connectivity index (χ0n) is 15.8. The molecular weight excluding hydrogens is 368 g/mol. The second-order valence-corrected chi connectivity index (χ2v) is 5.33. The molecule has 0 aliphatic rings. The Kier molecular flexibility index (Phi) is 6.80. The van der Waals surface area contributed by atoms with Crippen LogP contribution in [0.5, 0.6) is 23.0 Å². The number of amides is 2. The summed E-state index contributed by atoms with van der Waals surface area (Å²) in [5.41, 5.74) is 0.160. The number of carbonyl (C=O) groups is 3. The van der Waals surface area contributed by atoms with E-state index in [1.807, 2.05) is 0 Å². The minimum Gasteiger partial charge on any atom is -0.497 e. The van der Waals surface area contributed by atoms with Gasteiger partial charge >= 0.3 is 12.2 Å². The molecule has 2 amide bonds. The van der Waals surface area contributed by atoms with Crippen LogP contribution in [0.2, 0.25) is 0 Å². The monoisotopic (exact) mass is 388 g/mol. The van der Waals surface area contributed by atoms with E-state index in [9.17, 15) is 14.4 Å². The Morgan fingerprint density at radius 2 is 1.11 bits per heavy atom. The molecule has 0 atom stereocenters. The van der Waals surface area contributed by atoms with Crippen LogP contribution in [0, 0.1) is 0 Å². The van der Waals surface area contributed by atoms with Gasteiger partial charge in [0.2, 0.25) is 5.78 Å². The first-order valence-corrected chi connectivity index (χ1v) is 8.13.